The van der Waals surface area contributed by atoms with E-state index in [1.807, 2.05) is 24.3 Å². The van der Waals surface area contributed by atoms with Crippen molar-refractivity contribution in [1.29, 1.82) is 0 Å². The molecule has 5 rings (SSSR count). The number of allylic oxidation sites excluding steroid dienone is 2. The highest BCUT2D eigenvalue weighted by molar-refractivity contribution is 6.06. The van der Waals surface area contributed by atoms with Crippen LogP contribution in [0.3, 0.4) is 0 Å². The summed E-state index contributed by atoms with van der Waals surface area (Å²) >= 11 is 0. The first-order chi connectivity index (χ1) is 12.2. The standard InChI is InChI=1S/C22H17NO2/c24-21-19(17-11-9-13-5-1-3-7-15(13)17)20(22(25)23-21)18-12-10-14-6-2-4-8-16(14)18/h1-12,17-20H,(H,23,24,25). The average Bonchev–Trinajstić information content (AvgIpc) is 3.30. The Kier molecular flexibility index (Phi) is 3.04. The molecule has 0 bridgehead atoms. The average molecular weight is 327 g/mol. The van der Waals surface area contributed by atoms with Gasteiger partial charge in [0.15, 0.2) is 0 Å². The van der Waals surface area contributed by atoms with Crippen LogP contribution >= 0.6 is 0 Å². The molecule has 3 heteroatoms. The third-order valence-electron chi connectivity index (χ3n) is 5.69. The molecule has 2 aliphatic carbocycles. The van der Waals surface area contributed by atoms with Crippen LogP contribution in [-0.4, -0.2) is 11.8 Å². The fourth-order valence-corrected chi connectivity index (χ4v) is 4.57. The Morgan fingerprint density at radius 3 is 1.56 bits per heavy atom. The third kappa shape index (κ3) is 2.05. The lowest BCUT2D eigenvalue weighted by atomic mass is 9.73. The van der Waals surface area contributed by atoms with E-state index in [4.69, 9.17) is 0 Å². The van der Waals surface area contributed by atoms with Gasteiger partial charge in [0, 0.05) is 11.8 Å². The molecule has 2 aromatic rings. The van der Waals surface area contributed by atoms with Crippen molar-refractivity contribution in [2.75, 3.05) is 0 Å². The molecule has 0 saturated carbocycles. The van der Waals surface area contributed by atoms with Crippen LogP contribution in [0, 0.1) is 11.8 Å². The number of rotatable bonds is 2. The summed E-state index contributed by atoms with van der Waals surface area (Å²) in [6, 6.07) is 16.2. The number of carbonyl (C=O) groups excluding carboxylic acids is 2. The first-order valence-electron chi connectivity index (χ1n) is 8.63. The van der Waals surface area contributed by atoms with Crippen LogP contribution in [0.15, 0.2) is 60.7 Å². The molecule has 2 amide bonds. The van der Waals surface area contributed by atoms with E-state index in [0.717, 1.165) is 22.3 Å². The van der Waals surface area contributed by atoms with Gasteiger partial charge < -0.3 is 0 Å². The predicted octanol–water partition coefficient (Wildman–Crippen LogP) is 3.50. The number of hydrogen-bond donors (Lipinski definition) is 1. The molecule has 3 aliphatic rings. The largest absolute Gasteiger partial charge is 0.296 e. The Labute approximate surface area is 146 Å². The Morgan fingerprint density at radius 1 is 0.640 bits per heavy atom. The lowest BCUT2D eigenvalue weighted by molar-refractivity contribution is -0.126. The van der Waals surface area contributed by atoms with Gasteiger partial charge in [-0.25, -0.2) is 0 Å². The van der Waals surface area contributed by atoms with Crippen LogP contribution < -0.4 is 5.32 Å². The van der Waals surface area contributed by atoms with Gasteiger partial charge in [-0.1, -0.05) is 72.8 Å². The van der Waals surface area contributed by atoms with Gasteiger partial charge in [0.05, 0.1) is 11.8 Å². The van der Waals surface area contributed by atoms with Crippen LogP contribution in [0.25, 0.3) is 12.2 Å². The fourth-order valence-electron chi connectivity index (χ4n) is 4.57. The summed E-state index contributed by atoms with van der Waals surface area (Å²) in [5.74, 6) is -1.14. The van der Waals surface area contributed by atoms with Gasteiger partial charge in [-0.05, 0) is 22.3 Å². The van der Waals surface area contributed by atoms with Gasteiger partial charge >= 0.3 is 0 Å². The maximum atomic E-state index is 12.7. The number of fused-ring (bicyclic) bond motifs is 2. The Bertz CT molecular complexity index is 879. The first kappa shape index (κ1) is 14.4. The van der Waals surface area contributed by atoms with Crippen molar-refractivity contribution in [1.82, 2.24) is 5.32 Å². The molecule has 1 saturated heterocycles. The minimum Gasteiger partial charge on any atom is -0.296 e. The van der Waals surface area contributed by atoms with Gasteiger partial charge in [-0.2, -0.15) is 0 Å². The fraction of sp³-hybridized carbons (Fsp3) is 0.182. The zero-order valence-corrected chi connectivity index (χ0v) is 13.6. The summed E-state index contributed by atoms with van der Waals surface area (Å²) in [6.07, 6.45) is 8.27. The summed E-state index contributed by atoms with van der Waals surface area (Å²) in [4.78, 5) is 25.3. The molecule has 25 heavy (non-hydrogen) atoms. The second-order valence-corrected chi connectivity index (χ2v) is 6.93. The van der Waals surface area contributed by atoms with Crippen molar-refractivity contribution >= 4 is 24.0 Å². The Hall–Kier alpha value is -2.94. The molecule has 2 aromatic carbocycles. The molecule has 1 heterocycles. The number of hydrogen-bond acceptors (Lipinski definition) is 2. The molecule has 4 atom stereocenters. The molecule has 4 unspecified atom stereocenters. The molecule has 1 fully saturated rings. The van der Waals surface area contributed by atoms with E-state index in [9.17, 15) is 9.59 Å². The van der Waals surface area contributed by atoms with Gasteiger partial charge in [0.25, 0.3) is 0 Å². The van der Waals surface area contributed by atoms with Gasteiger partial charge in [-0.15, -0.1) is 0 Å². The Morgan fingerprint density at radius 2 is 1.08 bits per heavy atom. The normalized spacial score (nSPS) is 29.0. The van der Waals surface area contributed by atoms with Gasteiger partial charge in [0.1, 0.15) is 0 Å². The smallest absolute Gasteiger partial charge is 0.231 e. The monoisotopic (exact) mass is 327 g/mol. The minimum atomic E-state index is -0.367. The van der Waals surface area contributed by atoms with E-state index < -0.39 is 0 Å². The Balaban J connectivity index is 1.58. The SMILES string of the molecule is O=C1NC(=O)C(C2C=Cc3ccccc32)C1C1C=Cc2ccccc21. The third-order valence-corrected chi connectivity index (χ3v) is 5.69. The van der Waals surface area contributed by atoms with Crippen LogP contribution in [0.4, 0.5) is 0 Å². The molecular weight excluding hydrogens is 310 g/mol. The van der Waals surface area contributed by atoms with Gasteiger partial charge in [0.2, 0.25) is 11.8 Å². The number of imide groups is 1. The molecule has 0 aromatic heterocycles. The number of benzene rings is 2. The zero-order valence-electron chi connectivity index (χ0n) is 13.6. The summed E-state index contributed by atoms with van der Waals surface area (Å²) in [5, 5.41) is 2.59. The lowest BCUT2D eigenvalue weighted by Gasteiger charge is -2.26. The van der Waals surface area contributed by atoms with Gasteiger partial charge in [-0.3, -0.25) is 14.9 Å². The highest BCUT2D eigenvalue weighted by atomic mass is 16.2. The van der Waals surface area contributed by atoms with E-state index in [0.29, 0.717) is 0 Å². The molecule has 1 N–H and O–H groups in total. The van der Waals surface area contributed by atoms with Crippen LogP contribution in [0.5, 0.6) is 0 Å². The summed E-state index contributed by atoms with van der Waals surface area (Å²) in [5.41, 5.74) is 4.55. The second-order valence-electron chi connectivity index (χ2n) is 6.93. The van der Waals surface area contributed by atoms with Crippen LogP contribution in [0.1, 0.15) is 34.1 Å². The zero-order chi connectivity index (χ0) is 17.0. The molecule has 122 valence electrons. The number of amides is 2. The van der Waals surface area contributed by atoms with Crippen molar-refractivity contribution in [3.63, 3.8) is 0 Å². The molecule has 0 spiro atoms. The van der Waals surface area contributed by atoms with Crippen molar-refractivity contribution in [2.24, 2.45) is 11.8 Å². The van der Waals surface area contributed by atoms with E-state index in [-0.39, 0.29) is 35.5 Å². The van der Waals surface area contributed by atoms with E-state index >= 15 is 0 Å². The highest BCUT2D eigenvalue weighted by Crippen LogP contribution is 2.48. The maximum Gasteiger partial charge on any atom is 0.231 e. The van der Waals surface area contributed by atoms with Crippen molar-refractivity contribution < 1.29 is 9.59 Å². The predicted molar refractivity (Wildman–Crippen MR) is 96.6 cm³/mol. The van der Waals surface area contributed by atoms with Crippen molar-refractivity contribution in [3.05, 3.63) is 82.9 Å². The van der Waals surface area contributed by atoms with Crippen molar-refractivity contribution in [3.8, 4) is 0 Å². The summed E-state index contributed by atoms with van der Waals surface area (Å²) in [6.45, 7) is 0. The second kappa shape index (κ2) is 5.28. The van der Waals surface area contributed by atoms with Crippen molar-refractivity contribution in [2.45, 2.75) is 11.8 Å². The topological polar surface area (TPSA) is 46.2 Å². The van der Waals surface area contributed by atoms with E-state index in [1.54, 1.807) is 0 Å². The summed E-state index contributed by atoms with van der Waals surface area (Å²) in [7, 11) is 0. The van der Waals surface area contributed by atoms with Crippen LogP contribution in [-0.2, 0) is 9.59 Å². The quantitative estimate of drug-likeness (QED) is 0.858. The molecule has 0 radical (unpaired) electrons. The molecule has 1 aliphatic heterocycles. The van der Waals surface area contributed by atoms with E-state index in [2.05, 4.69) is 53.9 Å². The first-order valence-corrected chi connectivity index (χ1v) is 8.63. The van der Waals surface area contributed by atoms with Crippen LogP contribution in [0.2, 0.25) is 0 Å². The maximum absolute atomic E-state index is 12.7. The number of carbonyl (C=O) groups is 2. The summed E-state index contributed by atoms with van der Waals surface area (Å²) < 4.78 is 0. The lowest BCUT2D eigenvalue weighted by Crippen LogP contribution is -2.27. The number of nitrogens with one attached hydrogen (secondary N) is 1. The minimum absolute atomic E-state index is 0.0474. The highest BCUT2D eigenvalue weighted by Gasteiger charge is 2.50. The molecule has 3 nitrogen and oxygen atoms in total. The molecular formula is C22H17NO2. The van der Waals surface area contributed by atoms with E-state index in [1.165, 1.54) is 0 Å².